The van der Waals surface area contributed by atoms with Crippen LogP contribution in [0.1, 0.15) is 33.3 Å². The highest BCUT2D eigenvalue weighted by Gasteiger charge is 2.24. The largest absolute Gasteiger partial charge is 0.357 e. The number of sulfonamides is 1. The Morgan fingerprint density at radius 1 is 1.25 bits per heavy atom. The van der Waals surface area contributed by atoms with Crippen LogP contribution in [0.4, 0.5) is 0 Å². The van der Waals surface area contributed by atoms with Crippen LogP contribution in [0.2, 0.25) is 0 Å². The summed E-state index contributed by atoms with van der Waals surface area (Å²) in [5.74, 6) is 0.619. The van der Waals surface area contributed by atoms with Gasteiger partial charge in [0.1, 0.15) is 0 Å². The molecule has 0 saturated carbocycles. The van der Waals surface area contributed by atoms with Gasteiger partial charge >= 0.3 is 0 Å². The van der Waals surface area contributed by atoms with Crippen molar-refractivity contribution in [2.24, 2.45) is 4.99 Å². The van der Waals surface area contributed by atoms with Crippen LogP contribution in [0.25, 0.3) is 0 Å². The lowest BCUT2D eigenvalue weighted by molar-refractivity contribution is 0.491. The van der Waals surface area contributed by atoms with E-state index in [1.165, 1.54) is 0 Å². The van der Waals surface area contributed by atoms with Crippen LogP contribution in [0, 0.1) is 0 Å². The van der Waals surface area contributed by atoms with E-state index >= 15 is 0 Å². The Morgan fingerprint density at radius 3 is 2.50 bits per heavy atom. The second kappa shape index (κ2) is 8.84. The van der Waals surface area contributed by atoms with Gasteiger partial charge in [0.15, 0.2) is 5.96 Å². The normalized spacial score (nSPS) is 12.8. The van der Waals surface area contributed by atoms with Gasteiger partial charge in [-0.25, -0.2) is 18.1 Å². The summed E-state index contributed by atoms with van der Waals surface area (Å²) < 4.78 is 27.9. The molecule has 1 aromatic rings. The highest BCUT2D eigenvalue weighted by Crippen LogP contribution is 2.18. The summed E-state index contributed by atoms with van der Waals surface area (Å²) in [6.07, 6.45) is 1.73. The Bertz CT molecular complexity index is 676. The molecule has 1 rings (SSSR count). The van der Waals surface area contributed by atoms with Crippen molar-refractivity contribution in [3.05, 3.63) is 42.5 Å². The maximum absolute atomic E-state index is 12.6. The molecule has 24 heavy (non-hydrogen) atoms. The van der Waals surface area contributed by atoms with Crippen LogP contribution in [0.3, 0.4) is 0 Å². The van der Waals surface area contributed by atoms with Gasteiger partial charge in [-0.2, -0.15) is 0 Å². The van der Waals surface area contributed by atoms with Gasteiger partial charge < -0.3 is 10.6 Å². The molecule has 0 fully saturated rings. The number of hydrogen-bond acceptors (Lipinski definition) is 3. The highest BCUT2D eigenvalue weighted by atomic mass is 32.2. The molecule has 134 valence electrons. The second-order valence-electron chi connectivity index (χ2n) is 6.33. The van der Waals surface area contributed by atoms with Crippen LogP contribution < -0.4 is 15.4 Å². The molecule has 0 amide bonds. The van der Waals surface area contributed by atoms with Crippen LogP contribution in [0.5, 0.6) is 0 Å². The average molecular weight is 353 g/mol. The van der Waals surface area contributed by atoms with Gasteiger partial charge in [-0.05, 0) is 39.3 Å². The highest BCUT2D eigenvalue weighted by molar-refractivity contribution is 7.89. The molecule has 0 atom stereocenters. The van der Waals surface area contributed by atoms with E-state index in [-0.39, 0.29) is 11.4 Å². The van der Waals surface area contributed by atoms with Crippen molar-refractivity contribution in [3.8, 4) is 0 Å². The molecular formula is C17H28N4O2S. The number of guanidine groups is 1. The Kier molecular flexibility index (Phi) is 7.44. The van der Waals surface area contributed by atoms with Gasteiger partial charge in [0, 0.05) is 18.6 Å². The van der Waals surface area contributed by atoms with Crippen molar-refractivity contribution < 1.29 is 8.42 Å². The zero-order chi connectivity index (χ0) is 18.2. The molecule has 0 radical (unpaired) electrons. The summed E-state index contributed by atoms with van der Waals surface area (Å²) in [6, 6.07) is 6.90. The van der Waals surface area contributed by atoms with E-state index in [0.29, 0.717) is 24.6 Å². The molecule has 0 aliphatic rings. The fraction of sp³-hybridized carbons (Fsp3) is 0.471. The number of benzene rings is 1. The van der Waals surface area contributed by atoms with Crippen molar-refractivity contribution in [1.82, 2.24) is 15.4 Å². The maximum Gasteiger partial charge on any atom is 0.241 e. The van der Waals surface area contributed by atoms with Gasteiger partial charge in [-0.15, -0.1) is 6.58 Å². The first-order valence-corrected chi connectivity index (χ1v) is 9.43. The second-order valence-corrected chi connectivity index (χ2v) is 7.98. The average Bonchev–Trinajstić information content (AvgIpc) is 2.48. The maximum atomic E-state index is 12.6. The fourth-order valence-electron chi connectivity index (χ4n) is 2.03. The first-order valence-electron chi connectivity index (χ1n) is 7.94. The molecule has 6 nitrogen and oxygen atoms in total. The topological polar surface area (TPSA) is 82.6 Å². The van der Waals surface area contributed by atoms with E-state index in [2.05, 4.69) is 26.9 Å². The predicted molar refractivity (Wildman–Crippen MR) is 99.5 cm³/mol. The van der Waals surface area contributed by atoms with Crippen molar-refractivity contribution in [2.75, 3.05) is 13.1 Å². The third-order valence-corrected chi connectivity index (χ3v) is 4.73. The minimum absolute atomic E-state index is 0.253. The van der Waals surface area contributed by atoms with Crippen molar-refractivity contribution in [2.45, 2.75) is 44.7 Å². The van der Waals surface area contributed by atoms with Gasteiger partial charge in [0.25, 0.3) is 0 Å². The summed E-state index contributed by atoms with van der Waals surface area (Å²) in [7, 11) is -3.60. The van der Waals surface area contributed by atoms with Crippen LogP contribution in [-0.2, 0) is 16.6 Å². The van der Waals surface area contributed by atoms with Crippen LogP contribution in [-0.4, -0.2) is 33.0 Å². The Hall–Kier alpha value is -1.86. The molecule has 0 heterocycles. The molecule has 0 saturated heterocycles. The quantitative estimate of drug-likeness (QED) is 0.398. The molecule has 0 unspecified atom stereocenters. The molecule has 1 aromatic carbocycles. The number of rotatable bonds is 7. The predicted octanol–water partition coefficient (Wildman–Crippen LogP) is 2.00. The summed E-state index contributed by atoms with van der Waals surface area (Å²) in [4.78, 5) is 4.70. The van der Waals surface area contributed by atoms with Gasteiger partial charge in [0.2, 0.25) is 10.0 Å². The summed E-state index contributed by atoms with van der Waals surface area (Å²) in [6.45, 7) is 12.6. The van der Waals surface area contributed by atoms with E-state index in [1.54, 1.807) is 24.3 Å². The lowest BCUT2D eigenvalue weighted by Crippen LogP contribution is -2.40. The standard InChI is InChI=1S/C17H28N4O2S/c1-6-12-19-16(18-7-2)20-13-14-10-8-9-11-15(14)24(22,23)21-17(3,4)5/h6,8-11,21H,1,7,12-13H2,2-5H3,(H2,18,19,20). The van der Waals surface area contributed by atoms with E-state index < -0.39 is 15.6 Å². The SMILES string of the molecule is C=CCNC(=NCc1ccccc1S(=O)(=O)NC(C)(C)C)NCC. The lowest BCUT2D eigenvalue weighted by Gasteiger charge is -2.21. The third-order valence-electron chi connectivity index (χ3n) is 2.87. The third kappa shape index (κ3) is 6.72. The van der Waals surface area contributed by atoms with Crippen molar-refractivity contribution in [3.63, 3.8) is 0 Å². The van der Waals surface area contributed by atoms with Gasteiger partial charge in [-0.3, -0.25) is 0 Å². The lowest BCUT2D eigenvalue weighted by atomic mass is 10.1. The zero-order valence-electron chi connectivity index (χ0n) is 14.9. The number of nitrogens with one attached hydrogen (secondary N) is 3. The van der Waals surface area contributed by atoms with Crippen LogP contribution >= 0.6 is 0 Å². The number of nitrogens with zero attached hydrogens (tertiary/aromatic N) is 1. The molecule has 0 aromatic heterocycles. The number of hydrogen-bond donors (Lipinski definition) is 3. The molecule has 3 N–H and O–H groups in total. The smallest absolute Gasteiger partial charge is 0.241 e. The van der Waals surface area contributed by atoms with Crippen LogP contribution in [0.15, 0.2) is 46.8 Å². The summed E-state index contributed by atoms with van der Waals surface area (Å²) in [5, 5.41) is 6.20. The summed E-state index contributed by atoms with van der Waals surface area (Å²) >= 11 is 0. The first-order chi connectivity index (χ1) is 11.2. The Morgan fingerprint density at radius 2 is 1.92 bits per heavy atom. The molecule has 7 heteroatoms. The fourth-order valence-corrected chi connectivity index (χ4v) is 3.68. The van der Waals surface area contributed by atoms with Crippen molar-refractivity contribution >= 4 is 16.0 Å². The molecule has 0 aliphatic carbocycles. The first kappa shape index (κ1) is 20.2. The van der Waals surface area contributed by atoms with E-state index in [4.69, 9.17) is 0 Å². The van der Waals surface area contributed by atoms with Crippen molar-refractivity contribution in [1.29, 1.82) is 0 Å². The summed E-state index contributed by atoms with van der Waals surface area (Å²) in [5.41, 5.74) is 0.0976. The molecular weight excluding hydrogens is 324 g/mol. The van der Waals surface area contributed by atoms with Gasteiger partial charge in [0.05, 0.1) is 11.4 Å². The molecule has 0 aliphatic heterocycles. The Balaban J connectivity index is 3.07. The molecule has 0 spiro atoms. The minimum atomic E-state index is -3.60. The number of aliphatic imine (C=N–C) groups is 1. The minimum Gasteiger partial charge on any atom is -0.357 e. The van der Waals surface area contributed by atoms with E-state index in [0.717, 1.165) is 0 Å². The van der Waals surface area contributed by atoms with Gasteiger partial charge in [-0.1, -0.05) is 24.3 Å². The van der Waals surface area contributed by atoms with E-state index in [1.807, 2.05) is 33.8 Å². The monoisotopic (exact) mass is 352 g/mol. The Labute approximate surface area is 145 Å². The van der Waals surface area contributed by atoms with E-state index in [9.17, 15) is 8.42 Å². The zero-order valence-corrected chi connectivity index (χ0v) is 15.7. The molecule has 0 bridgehead atoms.